The van der Waals surface area contributed by atoms with Gasteiger partial charge in [0, 0.05) is 50.0 Å². The van der Waals surface area contributed by atoms with Gasteiger partial charge in [-0.1, -0.05) is 48.5 Å². The highest BCUT2D eigenvalue weighted by atomic mass is 15.3. The second kappa shape index (κ2) is 8.40. The molecular weight excluding hydrogens is 346 g/mol. The third-order valence-corrected chi connectivity index (χ3v) is 5.22. The van der Waals surface area contributed by atoms with Crippen molar-refractivity contribution in [3.05, 3.63) is 66.7 Å². The Morgan fingerprint density at radius 3 is 2.14 bits per heavy atom. The largest absolute Gasteiger partial charge is 0.354 e. The van der Waals surface area contributed by atoms with Crippen molar-refractivity contribution in [2.45, 2.75) is 6.92 Å². The molecule has 0 radical (unpaired) electrons. The lowest BCUT2D eigenvalue weighted by Gasteiger charge is -2.34. The Labute approximate surface area is 167 Å². The summed E-state index contributed by atoms with van der Waals surface area (Å²) in [6, 6.07) is 22.9. The molecule has 1 aliphatic rings. The van der Waals surface area contributed by atoms with Crippen LogP contribution in [0.15, 0.2) is 66.7 Å². The zero-order chi connectivity index (χ0) is 19.3. The van der Waals surface area contributed by atoms with Crippen LogP contribution in [0.2, 0.25) is 0 Å². The van der Waals surface area contributed by atoms with Crippen molar-refractivity contribution in [3.8, 4) is 11.3 Å². The van der Waals surface area contributed by atoms with E-state index >= 15 is 0 Å². The smallest absolute Gasteiger partial charge is 0.232 e. The average molecular weight is 374 g/mol. The maximum Gasteiger partial charge on any atom is 0.232 e. The van der Waals surface area contributed by atoms with E-state index < -0.39 is 0 Å². The molecular formula is C23H27N5. The van der Waals surface area contributed by atoms with E-state index in [0.717, 1.165) is 61.4 Å². The molecule has 0 aliphatic carbocycles. The molecule has 5 nitrogen and oxygen atoms in total. The summed E-state index contributed by atoms with van der Waals surface area (Å²) in [5.74, 6) is 1.76. The number of benzene rings is 2. The van der Waals surface area contributed by atoms with Gasteiger partial charge in [-0.2, -0.15) is 4.98 Å². The molecule has 28 heavy (non-hydrogen) atoms. The molecule has 0 atom stereocenters. The van der Waals surface area contributed by atoms with Crippen molar-refractivity contribution in [3.63, 3.8) is 0 Å². The molecule has 0 unspecified atom stereocenters. The van der Waals surface area contributed by atoms with Gasteiger partial charge in [0.1, 0.15) is 5.82 Å². The summed E-state index contributed by atoms with van der Waals surface area (Å²) in [6.45, 7) is 7.02. The average Bonchev–Trinajstić information content (AvgIpc) is 2.76. The minimum atomic E-state index is 0.754. The Morgan fingerprint density at radius 2 is 1.50 bits per heavy atom. The molecule has 5 heteroatoms. The van der Waals surface area contributed by atoms with E-state index in [0.29, 0.717) is 0 Å². The molecule has 4 rings (SSSR count). The lowest BCUT2D eigenvalue weighted by molar-refractivity contribution is 0.312. The van der Waals surface area contributed by atoms with Crippen LogP contribution in [0.25, 0.3) is 11.3 Å². The normalized spacial score (nSPS) is 14.9. The molecule has 1 fully saturated rings. The fraction of sp³-hybridized carbons (Fsp3) is 0.304. The molecule has 0 saturated carbocycles. The molecule has 144 valence electrons. The Hall–Kier alpha value is -2.92. The van der Waals surface area contributed by atoms with E-state index in [1.165, 1.54) is 0 Å². The van der Waals surface area contributed by atoms with Gasteiger partial charge in [0.2, 0.25) is 5.95 Å². The minimum absolute atomic E-state index is 0.754. The Balaban J connectivity index is 1.77. The fourth-order valence-corrected chi connectivity index (χ4v) is 3.54. The maximum absolute atomic E-state index is 4.98. The predicted octanol–water partition coefficient (Wildman–Crippen LogP) is 4.05. The van der Waals surface area contributed by atoms with Crippen molar-refractivity contribution in [1.29, 1.82) is 0 Å². The first-order valence-corrected chi connectivity index (χ1v) is 9.95. The molecule has 2 heterocycles. The van der Waals surface area contributed by atoms with Crippen LogP contribution in [0, 0.1) is 0 Å². The first-order valence-electron chi connectivity index (χ1n) is 9.95. The van der Waals surface area contributed by atoms with Crippen LogP contribution in [0.5, 0.6) is 0 Å². The molecule has 0 bridgehead atoms. The summed E-state index contributed by atoms with van der Waals surface area (Å²) >= 11 is 0. The minimum Gasteiger partial charge on any atom is -0.354 e. The zero-order valence-electron chi connectivity index (χ0n) is 16.6. The highest BCUT2D eigenvalue weighted by molar-refractivity contribution is 5.67. The van der Waals surface area contributed by atoms with Crippen molar-refractivity contribution in [2.75, 3.05) is 49.6 Å². The van der Waals surface area contributed by atoms with E-state index in [4.69, 9.17) is 9.97 Å². The topological polar surface area (TPSA) is 35.5 Å². The third-order valence-electron chi connectivity index (χ3n) is 5.22. The molecule has 3 aromatic rings. The third kappa shape index (κ3) is 3.99. The highest BCUT2D eigenvalue weighted by Gasteiger charge is 2.20. The number of nitrogens with zero attached hydrogens (tertiary/aromatic N) is 5. The van der Waals surface area contributed by atoms with Crippen molar-refractivity contribution < 1.29 is 0 Å². The number of para-hydroxylation sites is 1. The number of hydrogen-bond acceptors (Lipinski definition) is 5. The van der Waals surface area contributed by atoms with Crippen LogP contribution in [0.1, 0.15) is 6.92 Å². The van der Waals surface area contributed by atoms with Gasteiger partial charge < -0.3 is 14.7 Å². The second-order valence-corrected chi connectivity index (χ2v) is 7.15. The van der Waals surface area contributed by atoms with Gasteiger partial charge in [-0.25, -0.2) is 4.98 Å². The first-order chi connectivity index (χ1) is 13.7. The standard InChI is InChI=1S/C23H27N5/c1-3-28(20-12-8-5-9-13-20)23-24-21(19-10-6-4-7-11-19)18-22(25-23)27-16-14-26(2)15-17-27/h4-13,18H,3,14-17H2,1-2H3. The van der Waals surface area contributed by atoms with Gasteiger partial charge in [-0.3, -0.25) is 0 Å². The van der Waals surface area contributed by atoms with E-state index in [9.17, 15) is 0 Å². The van der Waals surface area contributed by atoms with Crippen LogP contribution in [-0.2, 0) is 0 Å². The zero-order valence-corrected chi connectivity index (χ0v) is 16.6. The van der Waals surface area contributed by atoms with E-state index in [1.54, 1.807) is 0 Å². The SMILES string of the molecule is CCN(c1ccccc1)c1nc(-c2ccccc2)cc(N2CCN(C)CC2)n1. The summed E-state index contributed by atoms with van der Waals surface area (Å²) < 4.78 is 0. The van der Waals surface area contributed by atoms with Crippen LogP contribution < -0.4 is 9.80 Å². The van der Waals surface area contributed by atoms with Gasteiger partial charge in [0.05, 0.1) is 5.69 Å². The predicted molar refractivity (Wildman–Crippen MR) is 116 cm³/mol. The molecule has 1 aromatic heterocycles. The van der Waals surface area contributed by atoms with E-state index in [2.05, 4.69) is 83.3 Å². The van der Waals surface area contributed by atoms with Gasteiger partial charge in [-0.15, -0.1) is 0 Å². The molecule has 0 N–H and O–H groups in total. The van der Waals surface area contributed by atoms with Crippen LogP contribution in [0.4, 0.5) is 17.5 Å². The number of likely N-dealkylation sites (N-methyl/N-ethyl adjacent to an activating group) is 1. The fourth-order valence-electron chi connectivity index (χ4n) is 3.54. The molecule has 2 aromatic carbocycles. The summed E-state index contributed by atoms with van der Waals surface area (Å²) in [6.07, 6.45) is 0. The Kier molecular flexibility index (Phi) is 5.53. The van der Waals surface area contributed by atoms with Crippen molar-refractivity contribution in [2.24, 2.45) is 0 Å². The first kappa shape index (κ1) is 18.4. The lowest BCUT2D eigenvalue weighted by Crippen LogP contribution is -2.45. The summed E-state index contributed by atoms with van der Waals surface area (Å²) in [5.41, 5.74) is 3.19. The number of hydrogen-bond donors (Lipinski definition) is 0. The number of piperazine rings is 1. The second-order valence-electron chi connectivity index (χ2n) is 7.15. The number of aromatic nitrogens is 2. The molecule has 1 saturated heterocycles. The molecule has 0 amide bonds. The summed E-state index contributed by atoms with van der Waals surface area (Å²) in [7, 11) is 2.17. The van der Waals surface area contributed by atoms with Gasteiger partial charge >= 0.3 is 0 Å². The van der Waals surface area contributed by atoms with Crippen LogP contribution >= 0.6 is 0 Å². The van der Waals surface area contributed by atoms with Gasteiger partial charge in [0.25, 0.3) is 0 Å². The van der Waals surface area contributed by atoms with Crippen molar-refractivity contribution >= 4 is 17.5 Å². The van der Waals surface area contributed by atoms with E-state index in [1.807, 2.05) is 12.1 Å². The number of anilines is 3. The van der Waals surface area contributed by atoms with Gasteiger partial charge in [-0.05, 0) is 26.1 Å². The van der Waals surface area contributed by atoms with Gasteiger partial charge in [0.15, 0.2) is 0 Å². The maximum atomic E-state index is 4.98. The van der Waals surface area contributed by atoms with Crippen molar-refractivity contribution in [1.82, 2.24) is 14.9 Å². The lowest BCUT2D eigenvalue weighted by atomic mass is 10.1. The van der Waals surface area contributed by atoms with E-state index in [-0.39, 0.29) is 0 Å². The summed E-state index contributed by atoms with van der Waals surface area (Å²) in [4.78, 5) is 16.8. The van der Waals surface area contributed by atoms with Crippen LogP contribution in [-0.4, -0.2) is 54.6 Å². The summed E-state index contributed by atoms with van der Waals surface area (Å²) in [5, 5.41) is 0. The Morgan fingerprint density at radius 1 is 0.857 bits per heavy atom. The van der Waals surface area contributed by atoms with Crippen LogP contribution in [0.3, 0.4) is 0 Å². The number of rotatable bonds is 5. The Bertz CT molecular complexity index is 889. The molecule has 0 spiro atoms. The quantitative estimate of drug-likeness (QED) is 0.674. The monoisotopic (exact) mass is 373 g/mol. The molecule has 1 aliphatic heterocycles. The highest BCUT2D eigenvalue weighted by Crippen LogP contribution is 2.28.